The molecular weight excluding hydrogens is 182 g/mol. The smallest absolute Gasteiger partial charge is 0.0392 e. The molecule has 1 aliphatic heterocycles. The largest absolute Gasteiger partial charge is 0.367 e. The van der Waals surface area contributed by atoms with Gasteiger partial charge in [-0.15, -0.1) is 0 Å². The molecule has 15 heavy (non-hydrogen) atoms. The first-order chi connectivity index (χ1) is 7.43. The van der Waals surface area contributed by atoms with Gasteiger partial charge in [0.05, 0.1) is 0 Å². The minimum Gasteiger partial charge on any atom is -0.367 e. The highest BCUT2D eigenvalue weighted by Crippen LogP contribution is 2.33. The Labute approximate surface area is 91.4 Å². The predicted octanol–water partition coefficient (Wildman–Crippen LogP) is 3.23. The molecule has 1 saturated heterocycles. The van der Waals surface area contributed by atoms with Crippen molar-refractivity contribution in [1.29, 1.82) is 0 Å². The maximum atomic E-state index is 2.52. The first-order valence-electron chi connectivity index (χ1n) is 5.92. The van der Waals surface area contributed by atoms with Crippen molar-refractivity contribution in [2.24, 2.45) is 5.92 Å². The van der Waals surface area contributed by atoms with Crippen molar-refractivity contribution in [1.82, 2.24) is 0 Å². The van der Waals surface area contributed by atoms with Crippen LogP contribution in [0.1, 0.15) is 19.3 Å². The van der Waals surface area contributed by atoms with Crippen LogP contribution in [-0.2, 0) is 0 Å². The molecule has 0 N–H and O–H groups in total. The van der Waals surface area contributed by atoms with Crippen LogP contribution >= 0.6 is 0 Å². The Hall–Kier alpha value is -1.24. The summed E-state index contributed by atoms with van der Waals surface area (Å²) in [5.74, 6) is 0.846. The Morgan fingerprint density at radius 1 is 1.13 bits per heavy atom. The van der Waals surface area contributed by atoms with Gasteiger partial charge >= 0.3 is 0 Å². The molecule has 1 nitrogen and oxygen atoms in total. The van der Waals surface area contributed by atoms with E-state index in [2.05, 4.69) is 41.3 Å². The summed E-state index contributed by atoms with van der Waals surface area (Å²) in [7, 11) is 0. The van der Waals surface area contributed by atoms with Crippen LogP contribution in [0.25, 0.3) is 0 Å². The Bertz CT molecular complexity index is 366. The third kappa shape index (κ3) is 1.67. The van der Waals surface area contributed by atoms with E-state index in [9.17, 15) is 0 Å². The molecule has 1 heteroatoms. The van der Waals surface area contributed by atoms with Crippen LogP contribution in [0.4, 0.5) is 5.69 Å². The molecule has 0 aromatic heterocycles. The van der Waals surface area contributed by atoms with Crippen molar-refractivity contribution < 1.29 is 0 Å². The van der Waals surface area contributed by atoms with E-state index in [1.54, 1.807) is 5.57 Å². The van der Waals surface area contributed by atoms with E-state index < -0.39 is 0 Å². The molecule has 1 unspecified atom stereocenters. The first kappa shape index (κ1) is 9.02. The zero-order chi connectivity index (χ0) is 10.1. The fourth-order valence-electron chi connectivity index (χ4n) is 2.79. The second-order valence-corrected chi connectivity index (χ2v) is 4.62. The molecule has 0 radical (unpaired) electrons. The quantitative estimate of drug-likeness (QED) is 0.628. The van der Waals surface area contributed by atoms with Gasteiger partial charge in [-0.25, -0.2) is 0 Å². The maximum absolute atomic E-state index is 2.52. The second kappa shape index (κ2) is 3.73. The van der Waals surface area contributed by atoms with Gasteiger partial charge in [-0.1, -0.05) is 29.8 Å². The minimum atomic E-state index is 0.846. The van der Waals surface area contributed by atoms with Crippen molar-refractivity contribution in [3.63, 3.8) is 0 Å². The van der Waals surface area contributed by atoms with E-state index >= 15 is 0 Å². The average molecular weight is 199 g/mol. The molecule has 0 amide bonds. The summed E-state index contributed by atoms with van der Waals surface area (Å²) in [5, 5.41) is 0. The second-order valence-electron chi connectivity index (χ2n) is 4.62. The molecule has 0 saturated carbocycles. The average Bonchev–Trinajstić information content (AvgIpc) is 2.74. The first-order valence-corrected chi connectivity index (χ1v) is 5.92. The van der Waals surface area contributed by atoms with Crippen molar-refractivity contribution in [2.45, 2.75) is 19.3 Å². The van der Waals surface area contributed by atoms with Crippen LogP contribution in [0, 0.1) is 5.92 Å². The molecule has 0 spiro atoms. The standard InChI is InChI=1S/C14H17N/c1-2-8-14(9-3-1)15-10-12-6-4-5-7-13(12)11-15/h1-3,6,8-9,13H,4-5,7,10-11H2. The van der Waals surface area contributed by atoms with Gasteiger partial charge < -0.3 is 4.90 Å². The number of nitrogens with zero attached hydrogens (tertiary/aromatic N) is 1. The van der Waals surface area contributed by atoms with Gasteiger partial charge in [-0.3, -0.25) is 0 Å². The van der Waals surface area contributed by atoms with Crippen molar-refractivity contribution >= 4 is 5.69 Å². The molecule has 1 aromatic carbocycles. The Morgan fingerprint density at radius 2 is 2.00 bits per heavy atom. The lowest BCUT2D eigenvalue weighted by Gasteiger charge is -2.17. The van der Waals surface area contributed by atoms with Gasteiger partial charge in [0.25, 0.3) is 0 Å². The minimum absolute atomic E-state index is 0.846. The molecule has 1 fully saturated rings. The van der Waals surface area contributed by atoms with Crippen molar-refractivity contribution in [3.05, 3.63) is 42.0 Å². The molecule has 1 aromatic rings. The van der Waals surface area contributed by atoms with Crippen LogP contribution in [0.5, 0.6) is 0 Å². The summed E-state index contributed by atoms with van der Waals surface area (Å²) in [5.41, 5.74) is 3.07. The molecule has 78 valence electrons. The molecule has 3 rings (SSSR count). The molecule has 2 aliphatic rings. The van der Waals surface area contributed by atoms with Crippen LogP contribution in [-0.4, -0.2) is 13.1 Å². The SMILES string of the molecule is C1=C2CN(c3ccccc3)CC2CCC1. The van der Waals surface area contributed by atoms with E-state index in [-0.39, 0.29) is 0 Å². The summed E-state index contributed by atoms with van der Waals surface area (Å²) in [6.07, 6.45) is 6.55. The lowest BCUT2D eigenvalue weighted by Crippen LogP contribution is -2.19. The highest BCUT2D eigenvalue weighted by molar-refractivity contribution is 5.50. The van der Waals surface area contributed by atoms with E-state index in [1.807, 2.05) is 0 Å². The predicted molar refractivity (Wildman–Crippen MR) is 64.1 cm³/mol. The number of anilines is 1. The summed E-state index contributed by atoms with van der Waals surface area (Å²) >= 11 is 0. The molecule has 1 aliphatic carbocycles. The number of para-hydroxylation sites is 1. The van der Waals surface area contributed by atoms with E-state index in [1.165, 1.54) is 31.5 Å². The molecule has 0 bridgehead atoms. The van der Waals surface area contributed by atoms with Crippen molar-refractivity contribution in [2.75, 3.05) is 18.0 Å². The highest BCUT2D eigenvalue weighted by Gasteiger charge is 2.28. The summed E-state index contributed by atoms with van der Waals surface area (Å²) in [6, 6.07) is 10.8. The fourth-order valence-corrected chi connectivity index (χ4v) is 2.79. The van der Waals surface area contributed by atoms with Gasteiger partial charge in [0.1, 0.15) is 0 Å². The van der Waals surface area contributed by atoms with E-state index in [4.69, 9.17) is 0 Å². The van der Waals surface area contributed by atoms with Gasteiger partial charge in [-0.2, -0.15) is 0 Å². The third-order valence-corrected chi connectivity index (χ3v) is 3.62. The Balaban J connectivity index is 1.82. The fraction of sp³-hybridized carbons (Fsp3) is 0.429. The van der Waals surface area contributed by atoms with E-state index in [0.717, 1.165) is 12.5 Å². The zero-order valence-electron chi connectivity index (χ0n) is 9.02. The zero-order valence-corrected chi connectivity index (χ0v) is 9.02. The lowest BCUT2D eigenvalue weighted by molar-refractivity contribution is 0.556. The third-order valence-electron chi connectivity index (χ3n) is 3.62. The topological polar surface area (TPSA) is 3.24 Å². The monoisotopic (exact) mass is 199 g/mol. The van der Waals surface area contributed by atoms with Crippen LogP contribution in [0.3, 0.4) is 0 Å². The number of hydrogen-bond acceptors (Lipinski definition) is 1. The maximum Gasteiger partial charge on any atom is 0.0392 e. The van der Waals surface area contributed by atoms with E-state index in [0.29, 0.717) is 0 Å². The molecule has 1 heterocycles. The molecule has 1 atom stereocenters. The molecular formula is C14H17N. The van der Waals surface area contributed by atoms with Gasteiger partial charge in [0, 0.05) is 18.8 Å². The van der Waals surface area contributed by atoms with Gasteiger partial charge in [-0.05, 0) is 37.3 Å². The summed E-state index contributed by atoms with van der Waals surface area (Å²) in [6.45, 7) is 2.39. The number of allylic oxidation sites excluding steroid dienone is 1. The number of fused-ring (bicyclic) bond motifs is 1. The number of hydrogen-bond donors (Lipinski definition) is 0. The van der Waals surface area contributed by atoms with Gasteiger partial charge in [0.2, 0.25) is 0 Å². The Kier molecular flexibility index (Phi) is 2.24. The Morgan fingerprint density at radius 3 is 2.80 bits per heavy atom. The summed E-state index contributed by atoms with van der Waals surface area (Å²) in [4.78, 5) is 2.52. The summed E-state index contributed by atoms with van der Waals surface area (Å²) < 4.78 is 0. The van der Waals surface area contributed by atoms with Crippen LogP contribution in [0.15, 0.2) is 42.0 Å². The van der Waals surface area contributed by atoms with Crippen LogP contribution < -0.4 is 4.90 Å². The highest BCUT2D eigenvalue weighted by atomic mass is 15.2. The van der Waals surface area contributed by atoms with Crippen molar-refractivity contribution in [3.8, 4) is 0 Å². The lowest BCUT2D eigenvalue weighted by atomic mass is 9.91. The normalized spacial score (nSPS) is 24.9. The number of rotatable bonds is 1. The number of benzene rings is 1. The van der Waals surface area contributed by atoms with Crippen LogP contribution in [0.2, 0.25) is 0 Å². The van der Waals surface area contributed by atoms with Gasteiger partial charge in [0.15, 0.2) is 0 Å².